The van der Waals surface area contributed by atoms with Crippen molar-refractivity contribution in [2.45, 2.75) is 39.2 Å². The van der Waals surface area contributed by atoms with Crippen LogP contribution in [0.4, 0.5) is 0 Å². The van der Waals surface area contributed by atoms with E-state index in [1.165, 1.54) is 6.42 Å². The zero-order valence-electron chi connectivity index (χ0n) is 12.2. The molecule has 1 heterocycles. The lowest BCUT2D eigenvalue weighted by Gasteiger charge is -2.34. The summed E-state index contributed by atoms with van der Waals surface area (Å²) in [5.74, 6) is 1.76. The van der Waals surface area contributed by atoms with E-state index in [4.69, 9.17) is 0 Å². The zero-order chi connectivity index (χ0) is 14.1. The van der Waals surface area contributed by atoms with E-state index in [-0.39, 0.29) is 0 Å². The van der Waals surface area contributed by atoms with Crippen LogP contribution in [0.2, 0.25) is 0 Å². The lowest BCUT2D eigenvalue weighted by molar-refractivity contribution is 0.0531. The van der Waals surface area contributed by atoms with Gasteiger partial charge in [0.25, 0.3) is 0 Å². The first-order valence-electron chi connectivity index (χ1n) is 7.55. The first-order valence-corrected chi connectivity index (χ1v) is 7.55. The number of hydrogen-bond donors (Lipinski definition) is 1. The summed E-state index contributed by atoms with van der Waals surface area (Å²) in [7, 11) is 0. The van der Waals surface area contributed by atoms with Gasteiger partial charge in [-0.2, -0.15) is 0 Å². The number of hydrogen-bond acceptors (Lipinski definition) is 3. The number of benzene rings is 1. The molecule has 3 rings (SSSR count). The summed E-state index contributed by atoms with van der Waals surface area (Å²) in [6.07, 6.45) is 4.61. The van der Waals surface area contributed by atoms with Crippen molar-refractivity contribution in [3.63, 3.8) is 0 Å². The smallest absolute Gasteiger partial charge is 0.100 e. The normalized spacial score (nSPS) is 28.4. The van der Waals surface area contributed by atoms with E-state index in [1.54, 1.807) is 6.20 Å². The lowest BCUT2D eigenvalue weighted by atomic mass is 9.73. The third-order valence-electron chi connectivity index (χ3n) is 4.86. The van der Waals surface area contributed by atoms with Crippen LogP contribution in [0.5, 0.6) is 0 Å². The summed E-state index contributed by atoms with van der Waals surface area (Å²) in [5.41, 5.74) is 2.46. The Morgan fingerprint density at radius 2 is 1.85 bits per heavy atom. The molecule has 1 aliphatic carbocycles. The van der Waals surface area contributed by atoms with Gasteiger partial charge in [-0.05, 0) is 42.7 Å². The quantitative estimate of drug-likeness (QED) is 0.904. The topological polar surface area (TPSA) is 46.0 Å². The highest BCUT2D eigenvalue weighted by atomic mass is 16.3. The Bertz CT molecular complexity index is 598. The molecule has 1 fully saturated rings. The number of fused-ring (bicyclic) bond motifs is 1. The minimum absolute atomic E-state index is 0.316. The Morgan fingerprint density at radius 1 is 1.10 bits per heavy atom. The molecule has 0 aliphatic heterocycles. The van der Waals surface area contributed by atoms with Gasteiger partial charge in [-0.1, -0.05) is 32.4 Å². The molecule has 3 heteroatoms. The van der Waals surface area contributed by atoms with Crippen LogP contribution in [0.15, 0.2) is 30.5 Å². The Kier molecular flexibility index (Phi) is 3.70. The van der Waals surface area contributed by atoms with Gasteiger partial charge in [-0.15, -0.1) is 0 Å². The maximum absolute atomic E-state index is 10.6. The summed E-state index contributed by atoms with van der Waals surface area (Å²) in [6, 6.07) is 7.81. The Morgan fingerprint density at radius 3 is 2.60 bits per heavy atom. The summed E-state index contributed by atoms with van der Waals surface area (Å²) < 4.78 is 0. The summed E-state index contributed by atoms with van der Waals surface area (Å²) in [6.45, 7) is 4.60. The van der Waals surface area contributed by atoms with Gasteiger partial charge in [0.2, 0.25) is 0 Å². The van der Waals surface area contributed by atoms with E-state index in [0.717, 1.165) is 35.5 Å². The van der Waals surface area contributed by atoms with Crippen molar-refractivity contribution >= 4 is 11.0 Å². The van der Waals surface area contributed by atoms with Crippen molar-refractivity contribution in [1.82, 2.24) is 9.97 Å². The molecule has 0 amide bonds. The van der Waals surface area contributed by atoms with Gasteiger partial charge in [-0.3, -0.25) is 4.98 Å². The second-order valence-electron chi connectivity index (χ2n) is 6.26. The monoisotopic (exact) mass is 270 g/mol. The lowest BCUT2D eigenvalue weighted by Crippen LogP contribution is -2.25. The molecule has 1 N–H and O–H groups in total. The molecule has 1 aromatic heterocycles. The standard InChI is InChI=1S/C17H22N2O/c1-11-7-8-13(9-12(11)2)17(20)16-10-18-14-5-3-4-6-15(14)19-16/h3-6,10-13,17,20H,7-9H2,1-2H3. The van der Waals surface area contributed by atoms with Crippen LogP contribution in [-0.4, -0.2) is 15.1 Å². The number of aliphatic hydroxyl groups is 1. The molecule has 0 spiro atoms. The first-order chi connectivity index (χ1) is 9.65. The van der Waals surface area contributed by atoms with Crippen LogP contribution in [-0.2, 0) is 0 Å². The van der Waals surface area contributed by atoms with Gasteiger partial charge in [0, 0.05) is 0 Å². The highest BCUT2D eigenvalue weighted by Gasteiger charge is 2.30. The van der Waals surface area contributed by atoms with E-state index >= 15 is 0 Å². The zero-order valence-corrected chi connectivity index (χ0v) is 12.2. The minimum atomic E-state index is -0.484. The molecular formula is C17H22N2O. The summed E-state index contributed by atoms with van der Waals surface area (Å²) in [4.78, 5) is 8.99. The molecule has 4 unspecified atom stereocenters. The Labute approximate surface area is 120 Å². The van der Waals surface area contributed by atoms with Crippen molar-refractivity contribution in [3.05, 3.63) is 36.2 Å². The predicted molar refractivity (Wildman–Crippen MR) is 80.2 cm³/mol. The minimum Gasteiger partial charge on any atom is -0.386 e. The fourth-order valence-corrected chi connectivity index (χ4v) is 3.23. The van der Waals surface area contributed by atoms with E-state index in [2.05, 4.69) is 23.8 Å². The highest BCUT2D eigenvalue weighted by Crippen LogP contribution is 2.39. The van der Waals surface area contributed by atoms with Crippen molar-refractivity contribution in [1.29, 1.82) is 0 Å². The fourth-order valence-electron chi connectivity index (χ4n) is 3.23. The van der Waals surface area contributed by atoms with E-state index in [9.17, 15) is 5.11 Å². The average Bonchev–Trinajstić information content (AvgIpc) is 2.49. The fraction of sp³-hybridized carbons (Fsp3) is 0.529. The molecule has 1 aromatic carbocycles. The highest BCUT2D eigenvalue weighted by molar-refractivity contribution is 5.73. The molecule has 0 bridgehead atoms. The molecule has 1 aliphatic rings. The van der Waals surface area contributed by atoms with Crippen LogP contribution in [0.1, 0.15) is 44.9 Å². The van der Waals surface area contributed by atoms with Gasteiger partial charge in [0.15, 0.2) is 0 Å². The molecule has 0 radical (unpaired) electrons. The van der Waals surface area contributed by atoms with Crippen LogP contribution < -0.4 is 0 Å². The van der Waals surface area contributed by atoms with Gasteiger partial charge >= 0.3 is 0 Å². The molecule has 2 aromatic rings. The molecule has 20 heavy (non-hydrogen) atoms. The second kappa shape index (κ2) is 5.49. The SMILES string of the molecule is CC1CCC(C(O)c2cnc3ccccc3n2)CC1C. The maximum Gasteiger partial charge on any atom is 0.100 e. The Hall–Kier alpha value is -1.48. The van der Waals surface area contributed by atoms with Crippen molar-refractivity contribution in [3.8, 4) is 0 Å². The van der Waals surface area contributed by atoms with Crippen molar-refractivity contribution < 1.29 is 5.11 Å². The van der Waals surface area contributed by atoms with Crippen molar-refractivity contribution in [2.24, 2.45) is 17.8 Å². The molecule has 0 saturated heterocycles. The third kappa shape index (κ3) is 2.55. The maximum atomic E-state index is 10.6. The Balaban J connectivity index is 1.83. The predicted octanol–water partition coefficient (Wildman–Crippen LogP) is 3.74. The third-order valence-corrected chi connectivity index (χ3v) is 4.86. The van der Waals surface area contributed by atoms with Crippen LogP contribution in [0, 0.1) is 17.8 Å². The van der Waals surface area contributed by atoms with Gasteiger partial charge in [-0.25, -0.2) is 4.98 Å². The van der Waals surface area contributed by atoms with Crippen LogP contribution >= 0.6 is 0 Å². The number of nitrogens with zero attached hydrogens (tertiary/aromatic N) is 2. The van der Waals surface area contributed by atoms with E-state index < -0.39 is 6.10 Å². The van der Waals surface area contributed by atoms with E-state index in [1.807, 2.05) is 24.3 Å². The molecule has 4 atom stereocenters. The van der Waals surface area contributed by atoms with Crippen molar-refractivity contribution in [2.75, 3.05) is 0 Å². The first kappa shape index (κ1) is 13.5. The number of aliphatic hydroxyl groups excluding tert-OH is 1. The largest absolute Gasteiger partial charge is 0.386 e. The number of aromatic nitrogens is 2. The summed E-state index contributed by atoms with van der Waals surface area (Å²) >= 11 is 0. The number of para-hydroxylation sites is 2. The van der Waals surface area contributed by atoms with E-state index in [0.29, 0.717) is 11.8 Å². The molecule has 106 valence electrons. The van der Waals surface area contributed by atoms with Crippen LogP contribution in [0.25, 0.3) is 11.0 Å². The molecule has 1 saturated carbocycles. The average molecular weight is 270 g/mol. The van der Waals surface area contributed by atoms with Gasteiger partial charge < -0.3 is 5.11 Å². The summed E-state index contributed by atoms with van der Waals surface area (Å²) in [5, 5.41) is 10.6. The second-order valence-corrected chi connectivity index (χ2v) is 6.26. The van der Waals surface area contributed by atoms with Gasteiger partial charge in [0.1, 0.15) is 6.10 Å². The van der Waals surface area contributed by atoms with Gasteiger partial charge in [0.05, 0.1) is 22.9 Å². The van der Waals surface area contributed by atoms with Crippen LogP contribution in [0.3, 0.4) is 0 Å². The molecule has 3 nitrogen and oxygen atoms in total. The number of rotatable bonds is 2. The molecular weight excluding hydrogens is 248 g/mol.